The van der Waals surface area contributed by atoms with E-state index in [1.165, 1.54) is 4.31 Å². The molecule has 31 heavy (non-hydrogen) atoms. The van der Waals surface area contributed by atoms with Crippen LogP contribution in [0.2, 0.25) is 5.02 Å². The lowest BCUT2D eigenvalue weighted by atomic mass is 10.00. The zero-order valence-electron chi connectivity index (χ0n) is 16.6. The van der Waals surface area contributed by atoms with Crippen LogP contribution in [0, 0.1) is 0 Å². The van der Waals surface area contributed by atoms with E-state index in [-0.39, 0.29) is 5.92 Å². The van der Waals surface area contributed by atoms with Gasteiger partial charge in [-0.3, -0.25) is 0 Å². The van der Waals surface area contributed by atoms with Crippen molar-refractivity contribution in [3.63, 3.8) is 0 Å². The summed E-state index contributed by atoms with van der Waals surface area (Å²) in [5, 5.41) is 6.62. The maximum absolute atomic E-state index is 13.3. The molecule has 1 fully saturated rings. The number of benzene rings is 3. The molecule has 1 saturated heterocycles. The average Bonchev–Trinajstić information content (AvgIpc) is 3.30. The predicted octanol–water partition coefficient (Wildman–Crippen LogP) is 5.11. The first-order chi connectivity index (χ1) is 15.0. The van der Waals surface area contributed by atoms with E-state index in [0.717, 1.165) is 29.2 Å². The van der Waals surface area contributed by atoms with E-state index < -0.39 is 10.0 Å². The van der Waals surface area contributed by atoms with Gasteiger partial charge in [-0.25, -0.2) is 8.42 Å². The van der Waals surface area contributed by atoms with Crippen molar-refractivity contribution in [2.45, 2.75) is 23.7 Å². The minimum atomic E-state index is -3.62. The lowest BCUT2D eigenvalue weighted by Gasteiger charge is -2.30. The molecule has 4 aromatic rings. The molecule has 5 rings (SSSR count). The highest BCUT2D eigenvalue weighted by atomic mass is 35.5. The average molecular weight is 454 g/mol. The molecule has 0 bridgehead atoms. The van der Waals surface area contributed by atoms with Gasteiger partial charge in [0.1, 0.15) is 0 Å². The van der Waals surface area contributed by atoms with Gasteiger partial charge in [0.25, 0.3) is 0 Å². The van der Waals surface area contributed by atoms with Gasteiger partial charge < -0.3 is 4.52 Å². The molecule has 2 heterocycles. The molecule has 1 unspecified atom stereocenters. The molecule has 1 aliphatic heterocycles. The molecule has 0 amide bonds. The molecule has 1 atom stereocenters. The van der Waals surface area contributed by atoms with Crippen LogP contribution in [0.25, 0.3) is 22.2 Å². The second-order valence-corrected chi connectivity index (χ2v) is 10.0. The molecule has 3 aromatic carbocycles. The molecular formula is C23H20ClN3O3S. The highest BCUT2D eigenvalue weighted by Gasteiger charge is 2.33. The smallest absolute Gasteiger partial charge is 0.243 e. The molecule has 158 valence electrons. The summed E-state index contributed by atoms with van der Waals surface area (Å²) < 4.78 is 33.6. The SMILES string of the molecule is O=S(=O)(c1ccc2ccccc2c1)N1CCCC(c2nc(-c3ccc(Cl)cc3)no2)C1. The lowest BCUT2D eigenvalue weighted by molar-refractivity contribution is 0.265. The molecule has 1 aromatic heterocycles. The second kappa shape index (κ2) is 8.07. The summed E-state index contributed by atoms with van der Waals surface area (Å²) in [6, 6.07) is 20.2. The summed E-state index contributed by atoms with van der Waals surface area (Å²) in [5.41, 5.74) is 0.802. The van der Waals surface area contributed by atoms with Crippen molar-refractivity contribution in [3.8, 4) is 11.4 Å². The molecule has 8 heteroatoms. The van der Waals surface area contributed by atoms with Crippen LogP contribution < -0.4 is 0 Å². The number of aromatic nitrogens is 2. The van der Waals surface area contributed by atoms with E-state index in [2.05, 4.69) is 10.1 Å². The fraction of sp³-hybridized carbons (Fsp3) is 0.217. The van der Waals surface area contributed by atoms with Crippen molar-refractivity contribution in [2.75, 3.05) is 13.1 Å². The largest absolute Gasteiger partial charge is 0.339 e. The lowest BCUT2D eigenvalue weighted by Crippen LogP contribution is -2.39. The minimum absolute atomic E-state index is 0.141. The number of piperidine rings is 1. The van der Waals surface area contributed by atoms with Crippen LogP contribution in [-0.2, 0) is 10.0 Å². The standard InChI is InChI=1S/C23H20ClN3O3S/c24-20-10-7-17(8-11-20)22-25-23(30-26-22)19-6-3-13-27(15-19)31(28,29)21-12-9-16-4-1-2-5-18(16)14-21/h1-2,4-5,7-12,14,19H,3,6,13,15H2. The van der Waals surface area contributed by atoms with Gasteiger partial charge in [0, 0.05) is 23.7 Å². The van der Waals surface area contributed by atoms with Crippen LogP contribution >= 0.6 is 11.6 Å². The topological polar surface area (TPSA) is 76.3 Å². The first-order valence-electron chi connectivity index (χ1n) is 10.1. The molecule has 0 N–H and O–H groups in total. The van der Waals surface area contributed by atoms with Crippen LogP contribution in [0.1, 0.15) is 24.7 Å². The van der Waals surface area contributed by atoms with Crippen LogP contribution in [0.3, 0.4) is 0 Å². The van der Waals surface area contributed by atoms with Gasteiger partial charge in [-0.05, 0) is 60.0 Å². The Bertz CT molecular complexity index is 1340. The maximum Gasteiger partial charge on any atom is 0.243 e. The third-order valence-electron chi connectivity index (χ3n) is 5.64. The molecule has 0 radical (unpaired) electrons. The Kier molecular flexibility index (Phi) is 5.25. The van der Waals surface area contributed by atoms with Crippen LogP contribution in [0.5, 0.6) is 0 Å². The van der Waals surface area contributed by atoms with Gasteiger partial charge in [0.2, 0.25) is 21.7 Å². The highest BCUT2D eigenvalue weighted by molar-refractivity contribution is 7.89. The number of hydrogen-bond donors (Lipinski definition) is 0. The third kappa shape index (κ3) is 3.96. The number of nitrogens with zero attached hydrogens (tertiary/aromatic N) is 3. The Morgan fingerprint density at radius 1 is 1.00 bits per heavy atom. The number of sulfonamides is 1. The molecule has 0 saturated carbocycles. The van der Waals surface area contributed by atoms with E-state index in [9.17, 15) is 8.42 Å². The summed E-state index contributed by atoms with van der Waals surface area (Å²) in [6.45, 7) is 0.793. The summed E-state index contributed by atoms with van der Waals surface area (Å²) in [6.07, 6.45) is 1.53. The van der Waals surface area contributed by atoms with E-state index in [0.29, 0.717) is 34.7 Å². The van der Waals surface area contributed by atoms with Gasteiger partial charge in [-0.2, -0.15) is 9.29 Å². The van der Waals surface area contributed by atoms with Gasteiger partial charge in [-0.15, -0.1) is 0 Å². The number of hydrogen-bond acceptors (Lipinski definition) is 5. The van der Waals surface area contributed by atoms with Crippen molar-refractivity contribution in [2.24, 2.45) is 0 Å². The van der Waals surface area contributed by atoms with Crippen LogP contribution in [0.15, 0.2) is 76.1 Å². The number of halogens is 1. The summed E-state index contributed by atoms with van der Waals surface area (Å²) in [4.78, 5) is 4.83. The third-order valence-corrected chi connectivity index (χ3v) is 7.75. The zero-order chi connectivity index (χ0) is 21.4. The Hall–Kier alpha value is -2.74. The Balaban J connectivity index is 1.39. The fourth-order valence-electron chi connectivity index (χ4n) is 3.96. The Labute approximate surface area is 185 Å². The zero-order valence-corrected chi connectivity index (χ0v) is 18.2. The minimum Gasteiger partial charge on any atom is -0.339 e. The maximum atomic E-state index is 13.3. The van der Waals surface area contributed by atoms with Crippen molar-refractivity contribution < 1.29 is 12.9 Å². The summed E-state index contributed by atoms with van der Waals surface area (Å²) in [5.74, 6) is 0.794. The number of rotatable bonds is 4. The quantitative estimate of drug-likeness (QED) is 0.429. The Morgan fingerprint density at radius 3 is 2.58 bits per heavy atom. The molecule has 1 aliphatic rings. The first kappa shape index (κ1) is 20.2. The fourth-order valence-corrected chi connectivity index (χ4v) is 5.64. The van der Waals surface area contributed by atoms with Gasteiger partial charge in [-0.1, -0.05) is 47.1 Å². The molecule has 0 aliphatic carbocycles. The number of fused-ring (bicyclic) bond motifs is 1. The van der Waals surface area contributed by atoms with Gasteiger partial charge >= 0.3 is 0 Å². The molecule has 0 spiro atoms. The van der Waals surface area contributed by atoms with Crippen molar-refractivity contribution in [1.82, 2.24) is 14.4 Å². The first-order valence-corrected chi connectivity index (χ1v) is 11.9. The van der Waals surface area contributed by atoms with Crippen molar-refractivity contribution >= 4 is 32.4 Å². The van der Waals surface area contributed by atoms with Crippen molar-refractivity contribution in [3.05, 3.63) is 77.6 Å². The normalized spacial score (nSPS) is 17.8. The molecule has 6 nitrogen and oxygen atoms in total. The van der Waals surface area contributed by atoms with E-state index in [4.69, 9.17) is 16.1 Å². The van der Waals surface area contributed by atoms with E-state index in [1.54, 1.807) is 24.3 Å². The Morgan fingerprint density at radius 2 is 1.77 bits per heavy atom. The van der Waals surface area contributed by atoms with Gasteiger partial charge in [0.15, 0.2) is 0 Å². The monoisotopic (exact) mass is 453 g/mol. The van der Waals surface area contributed by atoms with Crippen LogP contribution in [0.4, 0.5) is 0 Å². The molecular weight excluding hydrogens is 434 g/mol. The van der Waals surface area contributed by atoms with Gasteiger partial charge in [0.05, 0.1) is 10.8 Å². The summed E-state index contributed by atoms with van der Waals surface area (Å²) in [7, 11) is -3.62. The second-order valence-electron chi connectivity index (χ2n) is 7.67. The summed E-state index contributed by atoms with van der Waals surface area (Å²) >= 11 is 5.94. The van der Waals surface area contributed by atoms with E-state index in [1.807, 2.05) is 42.5 Å². The predicted molar refractivity (Wildman–Crippen MR) is 119 cm³/mol. The highest BCUT2D eigenvalue weighted by Crippen LogP contribution is 2.31. The van der Waals surface area contributed by atoms with Crippen LogP contribution in [-0.4, -0.2) is 36.0 Å². The van der Waals surface area contributed by atoms with E-state index >= 15 is 0 Å². The van der Waals surface area contributed by atoms with Crippen molar-refractivity contribution in [1.29, 1.82) is 0 Å².